The maximum absolute atomic E-state index is 13.5. The minimum Gasteiger partial charge on any atom is -0.352 e. The van der Waals surface area contributed by atoms with Gasteiger partial charge in [0, 0.05) is 6.04 Å². The Balaban J connectivity index is 1.79. The zero-order valence-corrected chi connectivity index (χ0v) is 20.5. The van der Waals surface area contributed by atoms with Crippen molar-refractivity contribution in [3.8, 4) is 0 Å². The topological polar surface area (TPSA) is 66.5 Å². The number of rotatable bonds is 9. The lowest BCUT2D eigenvalue weighted by molar-refractivity contribution is -0.120. The van der Waals surface area contributed by atoms with E-state index in [0.29, 0.717) is 5.69 Å². The molecule has 0 fully saturated rings. The van der Waals surface area contributed by atoms with E-state index >= 15 is 0 Å². The first-order valence-corrected chi connectivity index (χ1v) is 12.6. The molecule has 0 aliphatic rings. The van der Waals surface area contributed by atoms with Gasteiger partial charge in [-0.2, -0.15) is 0 Å². The number of carbonyl (C=O) groups excluding carboxylic acids is 1. The lowest BCUT2D eigenvalue weighted by Gasteiger charge is -2.26. The summed E-state index contributed by atoms with van der Waals surface area (Å²) in [5.41, 5.74) is 4.68. The molecule has 1 amide bonds. The fourth-order valence-corrected chi connectivity index (χ4v) is 5.00. The van der Waals surface area contributed by atoms with E-state index in [1.165, 1.54) is 9.87 Å². The summed E-state index contributed by atoms with van der Waals surface area (Å²) in [5, 5.41) is 2.96. The third-order valence-electron chi connectivity index (χ3n) is 5.79. The highest BCUT2D eigenvalue weighted by Gasteiger charge is 2.27. The molecule has 3 rings (SSSR count). The second-order valence-corrected chi connectivity index (χ2v) is 10.4. The standard InChI is InChI=1S/C27H32N2O3S/c1-20-10-16-26(17-11-20)33(31,32)29(25-15-12-21(2)22(3)18-25)19-27(30)28-23(4)13-14-24-8-6-5-7-9-24/h5-12,15-18,23H,13-14,19H2,1-4H3,(H,28,30)/t23-/m0/s1. The van der Waals surface area contributed by atoms with Gasteiger partial charge in [0.05, 0.1) is 10.6 Å². The Labute approximate surface area is 197 Å². The number of anilines is 1. The summed E-state index contributed by atoms with van der Waals surface area (Å²) in [6.07, 6.45) is 1.61. The molecule has 3 aromatic rings. The summed E-state index contributed by atoms with van der Waals surface area (Å²) >= 11 is 0. The average molecular weight is 465 g/mol. The van der Waals surface area contributed by atoms with Gasteiger partial charge in [0.25, 0.3) is 10.0 Å². The fraction of sp³-hybridized carbons (Fsp3) is 0.296. The summed E-state index contributed by atoms with van der Waals surface area (Å²) in [5.74, 6) is -0.329. The van der Waals surface area contributed by atoms with E-state index in [-0.39, 0.29) is 23.4 Å². The molecular formula is C27H32N2O3S. The van der Waals surface area contributed by atoms with Crippen molar-refractivity contribution in [2.75, 3.05) is 10.8 Å². The van der Waals surface area contributed by atoms with Crippen LogP contribution >= 0.6 is 0 Å². The molecule has 0 saturated carbocycles. The second kappa shape index (κ2) is 10.7. The van der Waals surface area contributed by atoms with E-state index < -0.39 is 10.0 Å². The van der Waals surface area contributed by atoms with Crippen LogP contribution in [-0.2, 0) is 21.2 Å². The Kier molecular flexibility index (Phi) is 7.92. The fourth-order valence-electron chi connectivity index (χ4n) is 3.58. The lowest BCUT2D eigenvalue weighted by Crippen LogP contribution is -2.43. The van der Waals surface area contributed by atoms with Gasteiger partial charge in [-0.15, -0.1) is 0 Å². The molecule has 1 atom stereocenters. The molecule has 0 bridgehead atoms. The number of aryl methyl sites for hydroxylation is 4. The molecule has 0 unspecified atom stereocenters. The van der Waals surface area contributed by atoms with Gasteiger partial charge in [-0.25, -0.2) is 8.42 Å². The third kappa shape index (κ3) is 6.45. The number of nitrogens with zero attached hydrogens (tertiary/aromatic N) is 1. The summed E-state index contributed by atoms with van der Waals surface area (Å²) < 4.78 is 28.2. The number of amides is 1. The molecule has 0 heterocycles. The number of hydrogen-bond acceptors (Lipinski definition) is 3. The predicted octanol–water partition coefficient (Wildman–Crippen LogP) is 4.94. The molecular weight excluding hydrogens is 432 g/mol. The maximum atomic E-state index is 13.5. The van der Waals surface area contributed by atoms with Crippen LogP contribution in [-0.4, -0.2) is 26.9 Å². The van der Waals surface area contributed by atoms with E-state index in [0.717, 1.165) is 29.5 Å². The van der Waals surface area contributed by atoms with Crippen LogP contribution in [0.25, 0.3) is 0 Å². The van der Waals surface area contributed by atoms with Crippen molar-refractivity contribution in [1.82, 2.24) is 5.32 Å². The van der Waals surface area contributed by atoms with Crippen LogP contribution in [0, 0.1) is 20.8 Å². The normalized spacial score (nSPS) is 12.2. The van der Waals surface area contributed by atoms with Crippen molar-refractivity contribution >= 4 is 21.6 Å². The number of hydrogen-bond donors (Lipinski definition) is 1. The number of carbonyl (C=O) groups is 1. The zero-order valence-electron chi connectivity index (χ0n) is 19.7. The summed E-state index contributed by atoms with van der Waals surface area (Å²) in [6.45, 7) is 7.46. The molecule has 0 spiro atoms. The van der Waals surface area contributed by atoms with E-state index in [9.17, 15) is 13.2 Å². The van der Waals surface area contributed by atoms with Gasteiger partial charge < -0.3 is 5.32 Å². The molecule has 174 valence electrons. The van der Waals surface area contributed by atoms with Crippen molar-refractivity contribution in [2.24, 2.45) is 0 Å². The van der Waals surface area contributed by atoms with Gasteiger partial charge in [0.1, 0.15) is 6.54 Å². The van der Waals surface area contributed by atoms with E-state index in [4.69, 9.17) is 0 Å². The minimum atomic E-state index is -3.91. The molecule has 1 N–H and O–H groups in total. The van der Waals surface area contributed by atoms with Crippen LogP contribution in [0.4, 0.5) is 5.69 Å². The predicted molar refractivity (Wildman–Crippen MR) is 134 cm³/mol. The molecule has 5 nitrogen and oxygen atoms in total. The largest absolute Gasteiger partial charge is 0.352 e. The van der Waals surface area contributed by atoms with Crippen molar-refractivity contribution in [3.63, 3.8) is 0 Å². The Bertz CT molecular complexity index is 1190. The van der Waals surface area contributed by atoms with Crippen molar-refractivity contribution in [3.05, 3.63) is 95.1 Å². The van der Waals surface area contributed by atoms with Crippen LogP contribution in [0.3, 0.4) is 0 Å². The van der Waals surface area contributed by atoms with Crippen LogP contribution in [0.5, 0.6) is 0 Å². The molecule has 33 heavy (non-hydrogen) atoms. The highest BCUT2D eigenvalue weighted by atomic mass is 32.2. The van der Waals surface area contributed by atoms with Crippen LogP contribution in [0.15, 0.2) is 77.7 Å². The van der Waals surface area contributed by atoms with Gasteiger partial charge in [0.2, 0.25) is 5.91 Å². The summed E-state index contributed by atoms with van der Waals surface area (Å²) in [4.78, 5) is 13.1. The number of sulfonamides is 1. The molecule has 0 aliphatic carbocycles. The molecule has 0 saturated heterocycles. The first-order valence-electron chi connectivity index (χ1n) is 11.2. The number of nitrogens with one attached hydrogen (secondary N) is 1. The molecule has 0 aliphatic heterocycles. The van der Waals surface area contributed by atoms with Gasteiger partial charge in [-0.05, 0) is 81.5 Å². The van der Waals surface area contributed by atoms with Crippen molar-refractivity contribution in [1.29, 1.82) is 0 Å². The van der Waals surface area contributed by atoms with Crippen molar-refractivity contribution < 1.29 is 13.2 Å². The molecule has 3 aromatic carbocycles. The highest BCUT2D eigenvalue weighted by molar-refractivity contribution is 7.92. The summed E-state index contributed by atoms with van der Waals surface area (Å²) in [6, 6.07) is 22.1. The van der Waals surface area contributed by atoms with Crippen LogP contribution < -0.4 is 9.62 Å². The first-order chi connectivity index (χ1) is 15.7. The Morgan fingerprint density at radius 3 is 2.21 bits per heavy atom. The molecule has 6 heteroatoms. The highest BCUT2D eigenvalue weighted by Crippen LogP contribution is 2.26. The monoisotopic (exact) mass is 464 g/mol. The first kappa shape index (κ1) is 24.5. The minimum absolute atomic E-state index is 0.0820. The number of benzene rings is 3. The molecule has 0 radical (unpaired) electrons. The SMILES string of the molecule is Cc1ccc(S(=O)(=O)N(CC(=O)N[C@@H](C)CCc2ccccc2)c2ccc(C)c(C)c2)cc1. The van der Waals surface area contributed by atoms with E-state index in [2.05, 4.69) is 17.4 Å². The maximum Gasteiger partial charge on any atom is 0.264 e. The van der Waals surface area contributed by atoms with Gasteiger partial charge in [0.15, 0.2) is 0 Å². The second-order valence-electron chi connectivity index (χ2n) is 8.59. The van der Waals surface area contributed by atoms with Gasteiger partial charge in [-0.3, -0.25) is 9.10 Å². The van der Waals surface area contributed by atoms with Gasteiger partial charge in [-0.1, -0.05) is 54.1 Å². The quantitative estimate of drug-likeness (QED) is 0.488. The Morgan fingerprint density at radius 1 is 0.909 bits per heavy atom. The lowest BCUT2D eigenvalue weighted by atomic mass is 10.1. The molecule has 0 aromatic heterocycles. The van der Waals surface area contributed by atoms with Gasteiger partial charge >= 0.3 is 0 Å². The van der Waals surface area contributed by atoms with Crippen molar-refractivity contribution in [2.45, 2.75) is 51.5 Å². The smallest absolute Gasteiger partial charge is 0.264 e. The third-order valence-corrected chi connectivity index (χ3v) is 7.58. The Hall–Kier alpha value is -3.12. The van der Waals surface area contributed by atoms with Crippen LogP contribution in [0.2, 0.25) is 0 Å². The Morgan fingerprint density at radius 2 is 1.58 bits per heavy atom. The van der Waals surface area contributed by atoms with Crippen LogP contribution in [0.1, 0.15) is 35.6 Å². The van der Waals surface area contributed by atoms with E-state index in [1.807, 2.05) is 58.0 Å². The van der Waals surface area contributed by atoms with E-state index in [1.54, 1.807) is 30.3 Å². The zero-order chi connectivity index (χ0) is 24.0. The average Bonchev–Trinajstić information content (AvgIpc) is 2.79. The summed E-state index contributed by atoms with van der Waals surface area (Å²) in [7, 11) is -3.91.